The predicted molar refractivity (Wildman–Crippen MR) is 104 cm³/mol. The van der Waals surface area contributed by atoms with E-state index in [1.54, 1.807) is 0 Å². The van der Waals surface area contributed by atoms with Crippen LogP contribution in [0.15, 0.2) is 67.9 Å². The number of hydrogen-bond donors (Lipinski definition) is 0. The lowest BCUT2D eigenvalue weighted by Gasteiger charge is -2.19. The van der Waals surface area contributed by atoms with Gasteiger partial charge in [0.1, 0.15) is 12.4 Å². The fraction of sp³-hybridized carbons (Fsp3) is 0.158. The number of halogens is 2. The summed E-state index contributed by atoms with van der Waals surface area (Å²) in [7, 11) is 0. The van der Waals surface area contributed by atoms with Gasteiger partial charge in [-0.25, -0.2) is 9.29 Å². The predicted octanol–water partition coefficient (Wildman–Crippen LogP) is 3.13. The van der Waals surface area contributed by atoms with Gasteiger partial charge >= 0.3 is 0 Å². The van der Waals surface area contributed by atoms with Crippen LogP contribution in [0.2, 0.25) is 0 Å². The smallest absolute Gasteiger partial charge is 0.263 e. The molecule has 30 heavy (non-hydrogen) atoms. The van der Waals surface area contributed by atoms with Crippen molar-refractivity contribution < 1.29 is 18.5 Å². The Kier molecular flexibility index (Phi) is 4.39. The summed E-state index contributed by atoms with van der Waals surface area (Å²) in [6, 6.07) is 10.7. The van der Waals surface area contributed by atoms with Crippen molar-refractivity contribution >= 4 is 33.4 Å². The van der Waals surface area contributed by atoms with Crippen molar-refractivity contribution in [1.29, 1.82) is 0 Å². The molecule has 2 aromatic carbocycles. The second-order valence-corrected chi connectivity index (χ2v) is 7.62. The molecule has 0 radical (unpaired) electrons. The number of rotatable bonds is 4. The van der Waals surface area contributed by atoms with Crippen LogP contribution in [0.1, 0.15) is 5.89 Å². The summed E-state index contributed by atoms with van der Waals surface area (Å²) in [5.74, 6) is -0.848. The molecule has 0 unspecified atom stereocenters. The number of fused-ring (bicyclic) bond motifs is 1. The normalized spacial score (nSPS) is 20.3. The van der Waals surface area contributed by atoms with Gasteiger partial charge in [-0.3, -0.25) is 14.6 Å². The third kappa shape index (κ3) is 3.07. The third-order valence-corrected chi connectivity index (χ3v) is 5.28. The van der Waals surface area contributed by atoms with E-state index in [1.165, 1.54) is 29.3 Å². The van der Waals surface area contributed by atoms with Crippen molar-refractivity contribution in [1.82, 2.24) is 15.1 Å². The molecule has 11 heteroatoms. The molecule has 2 atom stereocenters. The van der Waals surface area contributed by atoms with Gasteiger partial charge in [0.2, 0.25) is 11.7 Å². The van der Waals surface area contributed by atoms with Crippen LogP contribution in [0.25, 0.3) is 11.4 Å². The molecule has 0 N–H and O–H groups in total. The van der Waals surface area contributed by atoms with Crippen molar-refractivity contribution in [2.45, 2.75) is 18.6 Å². The molecular formula is C19H12BrFN6O3. The zero-order chi connectivity index (χ0) is 20.8. The van der Waals surface area contributed by atoms with Gasteiger partial charge < -0.3 is 4.52 Å². The van der Waals surface area contributed by atoms with Crippen LogP contribution in [0.5, 0.6) is 0 Å². The summed E-state index contributed by atoms with van der Waals surface area (Å²) in [5, 5.41) is 13.2. The Morgan fingerprint density at radius 1 is 1.10 bits per heavy atom. The monoisotopic (exact) mass is 470 g/mol. The highest BCUT2D eigenvalue weighted by molar-refractivity contribution is 9.10. The highest BCUT2D eigenvalue weighted by Gasteiger charge is 2.55. The maximum atomic E-state index is 13.2. The van der Waals surface area contributed by atoms with Crippen molar-refractivity contribution in [2.24, 2.45) is 10.3 Å². The van der Waals surface area contributed by atoms with Crippen LogP contribution >= 0.6 is 15.9 Å². The molecule has 150 valence electrons. The molecule has 2 amide bonds. The lowest BCUT2D eigenvalue weighted by molar-refractivity contribution is -0.123. The van der Waals surface area contributed by atoms with Gasteiger partial charge in [-0.2, -0.15) is 10.1 Å². The number of anilines is 1. The second kappa shape index (κ2) is 7.10. The van der Waals surface area contributed by atoms with Gasteiger partial charge in [0.15, 0.2) is 12.1 Å². The SMILES string of the molecule is O=C1[C@H]2N=NN(Cc3nc(-c4cccc(Br)c4)no3)[C@H]2C(=O)N1c1ccc(F)cc1. The summed E-state index contributed by atoms with van der Waals surface area (Å²) >= 11 is 3.39. The molecule has 0 saturated carbocycles. The number of nitrogens with zero attached hydrogens (tertiary/aromatic N) is 6. The molecule has 0 aliphatic carbocycles. The van der Waals surface area contributed by atoms with Gasteiger partial charge in [-0.05, 0) is 36.4 Å². The summed E-state index contributed by atoms with van der Waals surface area (Å²) in [5.41, 5.74) is 1.04. The van der Waals surface area contributed by atoms with E-state index in [0.29, 0.717) is 5.82 Å². The Bertz CT molecular complexity index is 1180. The van der Waals surface area contributed by atoms with Gasteiger partial charge in [0, 0.05) is 10.0 Å². The summed E-state index contributed by atoms with van der Waals surface area (Å²) < 4.78 is 19.4. The van der Waals surface area contributed by atoms with Crippen molar-refractivity contribution in [3.8, 4) is 11.4 Å². The van der Waals surface area contributed by atoms with Crippen LogP contribution in [-0.4, -0.2) is 39.0 Å². The fourth-order valence-corrected chi connectivity index (χ4v) is 3.80. The van der Waals surface area contributed by atoms with Crippen LogP contribution < -0.4 is 4.90 Å². The van der Waals surface area contributed by atoms with E-state index < -0.39 is 29.7 Å². The number of aromatic nitrogens is 2. The molecule has 2 aliphatic heterocycles. The van der Waals surface area contributed by atoms with E-state index in [4.69, 9.17) is 4.52 Å². The summed E-state index contributed by atoms with van der Waals surface area (Å²) in [6.45, 7) is 0.0158. The van der Waals surface area contributed by atoms with E-state index in [1.807, 2.05) is 24.3 Å². The van der Waals surface area contributed by atoms with E-state index >= 15 is 0 Å². The molecule has 2 aliphatic rings. The Balaban J connectivity index is 1.36. The molecule has 1 saturated heterocycles. The van der Waals surface area contributed by atoms with Gasteiger partial charge in [-0.1, -0.05) is 38.4 Å². The standard InChI is InChI=1S/C19H12BrFN6O3/c20-11-3-1-2-10(8-11)17-22-14(30-24-17)9-26-16-15(23-25-26)18(28)27(19(16)29)13-6-4-12(21)5-7-13/h1-8,15-16H,9H2/t15-,16+/m0/s1. The average molecular weight is 471 g/mol. The number of imide groups is 1. The van der Waals surface area contributed by atoms with Crippen molar-refractivity contribution in [3.05, 3.63) is 64.7 Å². The number of carbonyl (C=O) groups excluding carboxylic acids is 2. The first kappa shape index (κ1) is 18.6. The molecule has 1 aromatic heterocycles. The van der Waals surface area contributed by atoms with E-state index in [2.05, 4.69) is 36.4 Å². The minimum absolute atomic E-state index is 0.0158. The zero-order valence-electron chi connectivity index (χ0n) is 15.1. The zero-order valence-corrected chi connectivity index (χ0v) is 16.7. The fourth-order valence-electron chi connectivity index (χ4n) is 3.40. The number of carbonyl (C=O) groups is 2. The van der Waals surface area contributed by atoms with E-state index in [9.17, 15) is 14.0 Å². The molecule has 0 spiro atoms. The van der Waals surface area contributed by atoms with Crippen LogP contribution in [0.4, 0.5) is 10.1 Å². The summed E-state index contributed by atoms with van der Waals surface area (Å²) in [6.07, 6.45) is 0. The molecular weight excluding hydrogens is 459 g/mol. The maximum Gasteiger partial charge on any atom is 0.263 e. The van der Waals surface area contributed by atoms with Crippen LogP contribution in [-0.2, 0) is 16.1 Å². The van der Waals surface area contributed by atoms with E-state index in [-0.39, 0.29) is 18.1 Å². The first-order chi connectivity index (χ1) is 14.5. The third-order valence-electron chi connectivity index (χ3n) is 4.79. The van der Waals surface area contributed by atoms with Gasteiger partial charge in [-0.15, -0.1) is 0 Å². The minimum Gasteiger partial charge on any atom is -0.337 e. The average Bonchev–Trinajstić information content (AvgIpc) is 3.42. The van der Waals surface area contributed by atoms with Crippen molar-refractivity contribution in [3.63, 3.8) is 0 Å². The minimum atomic E-state index is -0.963. The van der Waals surface area contributed by atoms with Crippen LogP contribution in [0.3, 0.4) is 0 Å². The second-order valence-electron chi connectivity index (χ2n) is 6.70. The van der Waals surface area contributed by atoms with Crippen molar-refractivity contribution in [2.75, 3.05) is 4.90 Å². The lowest BCUT2D eigenvalue weighted by atomic mass is 10.1. The van der Waals surface area contributed by atoms with E-state index in [0.717, 1.165) is 14.9 Å². The van der Waals surface area contributed by atoms with Crippen LogP contribution in [0, 0.1) is 5.82 Å². The Morgan fingerprint density at radius 2 is 1.90 bits per heavy atom. The van der Waals surface area contributed by atoms with Gasteiger partial charge in [0.25, 0.3) is 11.8 Å². The largest absolute Gasteiger partial charge is 0.337 e. The highest BCUT2D eigenvalue weighted by Crippen LogP contribution is 2.33. The molecule has 5 rings (SSSR count). The number of amides is 2. The Hall–Kier alpha value is -3.47. The summed E-state index contributed by atoms with van der Waals surface area (Å²) in [4.78, 5) is 30.9. The quantitative estimate of drug-likeness (QED) is 0.542. The molecule has 3 heterocycles. The lowest BCUT2D eigenvalue weighted by Crippen LogP contribution is -2.39. The number of benzene rings is 2. The molecule has 0 bridgehead atoms. The Labute approximate surface area is 177 Å². The molecule has 9 nitrogen and oxygen atoms in total. The molecule has 1 fully saturated rings. The first-order valence-electron chi connectivity index (χ1n) is 8.90. The number of hydrogen-bond acceptors (Lipinski definition) is 8. The first-order valence-corrected chi connectivity index (χ1v) is 9.70. The topological polar surface area (TPSA) is 104 Å². The maximum absolute atomic E-state index is 13.2. The Morgan fingerprint density at radius 3 is 2.67 bits per heavy atom. The van der Waals surface area contributed by atoms with Gasteiger partial charge in [0.05, 0.1) is 5.69 Å². The molecule has 3 aromatic rings. The highest BCUT2D eigenvalue weighted by atomic mass is 79.9.